The van der Waals surface area contributed by atoms with Gasteiger partial charge in [0.2, 0.25) is 5.91 Å². The first-order valence-electron chi connectivity index (χ1n) is 8.59. The Balaban J connectivity index is 1.72. The van der Waals surface area contributed by atoms with E-state index >= 15 is 0 Å². The number of aromatic nitrogens is 4. The second kappa shape index (κ2) is 7.14. The average molecular weight is 362 g/mol. The Labute approximate surface area is 148 Å². The van der Waals surface area contributed by atoms with Crippen molar-refractivity contribution in [2.45, 2.75) is 44.7 Å². The fourth-order valence-corrected chi connectivity index (χ4v) is 3.31. The molecule has 10 nitrogen and oxygen atoms in total. The number of hydrogen-bond donors (Lipinski definition) is 2. The maximum atomic E-state index is 12.3. The van der Waals surface area contributed by atoms with Gasteiger partial charge >= 0.3 is 11.7 Å². The molecule has 1 saturated carbocycles. The van der Waals surface area contributed by atoms with E-state index in [-0.39, 0.29) is 23.8 Å². The SMILES string of the molecule is Cn1c(=O)c2c(ncn2CC(=O)NC(=O)NC2CCCCC2)n(C)c1=O. The molecule has 0 atom stereocenters. The lowest BCUT2D eigenvalue weighted by atomic mass is 9.96. The van der Waals surface area contributed by atoms with Crippen LogP contribution in [-0.4, -0.2) is 36.7 Å². The van der Waals surface area contributed by atoms with Gasteiger partial charge in [-0.2, -0.15) is 0 Å². The predicted molar refractivity (Wildman–Crippen MR) is 93.8 cm³/mol. The van der Waals surface area contributed by atoms with Crippen molar-refractivity contribution in [2.24, 2.45) is 14.1 Å². The molecule has 0 aliphatic heterocycles. The van der Waals surface area contributed by atoms with Crippen LogP contribution in [0.3, 0.4) is 0 Å². The first-order chi connectivity index (χ1) is 12.4. The number of imidazole rings is 1. The summed E-state index contributed by atoms with van der Waals surface area (Å²) in [6.07, 6.45) is 6.45. The molecule has 2 heterocycles. The maximum Gasteiger partial charge on any atom is 0.332 e. The van der Waals surface area contributed by atoms with Gasteiger partial charge in [-0.3, -0.25) is 24.0 Å². The van der Waals surface area contributed by atoms with Gasteiger partial charge in [0, 0.05) is 20.1 Å². The van der Waals surface area contributed by atoms with Gasteiger partial charge in [0.1, 0.15) is 6.54 Å². The number of carbonyl (C=O) groups excluding carboxylic acids is 2. The zero-order chi connectivity index (χ0) is 18.8. The number of aryl methyl sites for hydroxylation is 1. The highest BCUT2D eigenvalue weighted by molar-refractivity contribution is 5.94. The molecule has 1 aliphatic rings. The molecule has 1 aliphatic carbocycles. The first-order valence-corrected chi connectivity index (χ1v) is 8.59. The molecule has 0 aromatic carbocycles. The van der Waals surface area contributed by atoms with Crippen LogP contribution >= 0.6 is 0 Å². The second-order valence-electron chi connectivity index (χ2n) is 6.61. The fraction of sp³-hybridized carbons (Fsp3) is 0.562. The van der Waals surface area contributed by atoms with Crippen molar-refractivity contribution >= 4 is 23.1 Å². The Morgan fingerprint density at radius 2 is 1.85 bits per heavy atom. The quantitative estimate of drug-likeness (QED) is 0.769. The number of urea groups is 1. The molecular formula is C16H22N6O4. The third-order valence-corrected chi connectivity index (χ3v) is 4.72. The van der Waals surface area contributed by atoms with E-state index in [4.69, 9.17) is 0 Å². The van der Waals surface area contributed by atoms with Crippen molar-refractivity contribution in [1.82, 2.24) is 29.3 Å². The number of nitrogens with zero attached hydrogens (tertiary/aromatic N) is 4. The van der Waals surface area contributed by atoms with Gasteiger partial charge < -0.3 is 9.88 Å². The smallest absolute Gasteiger partial charge is 0.332 e. The average Bonchev–Trinajstić information content (AvgIpc) is 3.02. The van der Waals surface area contributed by atoms with Crippen LogP contribution in [0, 0.1) is 0 Å². The zero-order valence-electron chi connectivity index (χ0n) is 14.8. The van der Waals surface area contributed by atoms with E-state index in [1.54, 1.807) is 0 Å². The van der Waals surface area contributed by atoms with Crippen LogP contribution in [0.1, 0.15) is 32.1 Å². The molecule has 0 radical (unpaired) electrons. The largest absolute Gasteiger partial charge is 0.335 e. The van der Waals surface area contributed by atoms with Crippen LogP contribution in [0.25, 0.3) is 11.2 Å². The number of carbonyl (C=O) groups is 2. The molecule has 2 aromatic rings. The second-order valence-corrected chi connectivity index (χ2v) is 6.61. The number of amides is 3. The minimum absolute atomic E-state index is 0.0902. The van der Waals surface area contributed by atoms with Crippen molar-refractivity contribution in [3.05, 3.63) is 27.2 Å². The maximum absolute atomic E-state index is 12.3. The molecule has 1 fully saturated rings. The number of nitrogens with one attached hydrogen (secondary N) is 2. The van der Waals surface area contributed by atoms with Gasteiger partial charge in [0.25, 0.3) is 5.56 Å². The highest BCUT2D eigenvalue weighted by atomic mass is 16.2. The molecule has 26 heavy (non-hydrogen) atoms. The summed E-state index contributed by atoms with van der Waals surface area (Å²) in [5.74, 6) is -0.562. The molecule has 3 rings (SSSR count). The van der Waals surface area contributed by atoms with Gasteiger partial charge in [-0.1, -0.05) is 19.3 Å². The van der Waals surface area contributed by atoms with Crippen molar-refractivity contribution in [3.63, 3.8) is 0 Å². The summed E-state index contributed by atoms with van der Waals surface area (Å²) in [6.45, 7) is -0.248. The Morgan fingerprint density at radius 3 is 2.54 bits per heavy atom. The monoisotopic (exact) mass is 362 g/mol. The lowest BCUT2D eigenvalue weighted by molar-refractivity contribution is -0.120. The summed E-state index contributed by atoms with van der Waals surface area (Å²) < 4.78 is 3.52. The molecule has 0 saturated heterocycles. The molecule has 140 valence electrons. The summed E-state index contributed by atoms with van der Waals surface area (Å²) in [4.78, 5) is 52.4. The molecule has 0 spiro atoms. The van der Waals surface area contributed by atoms with Crippen molar-refractivity contribution in [3.8, 4) is 0 Å². The number of imide groups is 1. The molecule has 10 heteroatoms. The lowest BCUT2D eigenvalue weighted by Gasteiger charge is -2.22. The van der Waals surface area contributed by atoms with E-state index in [9.17, 15) is 19.2 Å². The topological polar surface area (TPSA) is 120 Å². The molecular weight excluding hydrogens is 340 g/mol. The minimum atomic E-state index is -0.562. The Kier molecular flexibility index (Phi) is 4.92. The van der Waals surface area contributed by atoms with Crippen LogP contribution in [0.15, 0.2) is 15.9 Å². The highest BCUT2D eigenvalue weighted by Crippen LogP contribution is 2.17. The third kappa shape index (κ3) is 3.39. The van der Waals surface area contributed by atoms with Gasteiger partial charge in [0.05, 0.1) is 6.33 Å². The van der Waals surface area contributed by atoms with Gasteiger partial charge in [-0.25, -0.2) is 14.6 Å². The van der Waals surface area contributed by atoms with E-state index in [0.29, 0.717) is 0 Å². The van der Waals surface area contributed by atoms with Gasteiger partial charge in [-0.05, 0) is 12.8 Å². The highest BCUT2D eigenvalue weighted by Gasteiger charge is 2.19. The van der Waals surface area contributed by atoms with E-state index in [1.165, 1.54) is 36.0 Å². The van der Waals surface area contributed by atoms with Crippen LogP contribution in [0.2, 0.25) is 0 Å². The molecule has 2 aromatic heterocycles. The standard InChI is InChI=1S/C16H22N6O4/c1-20-13-12(14(24)21(2)16(20)26)22(9-17-13)8-11(23)19-15(25)18-10-6-4-3-5-7-10/h9-10H,3-8H2,1-2H3,(H2,18,19,23,25). The Bertz CT molecular complexity index is 964. The lowest BCUT2D eigenvalue weighted by Crippen LogP contribution is -2.46. The summed E-state index contributed by atoms with van der Waals surface area (Å²) >= 11 is 0. The van der Waals surface area contributed by atoms with E-state index < -0.39 is 23.2 Å². The minimum Gasteiger partial charge on any atom is -0.335 e. The summed E-state index contributed by atoms with van der Waals surface area (Å²) in [5, 5.41) is 5.07. The number of fused-ring (bicyclic) bond motifs is 1. The van der Waals surface area contributed by atoms with Crippen LogP contribution in [0.4, 0.5) is 4.79 Å². The Morgan fingerprint density at radius 1 is 1.15 bits per heavy atom. The zero-order valence-corrected chi connectivity index (χ0v) is 14.8. The molecule has 2 N–H and O–H groups in total. The summed E-state index contributed by atoms with van der Waals surface area (Å²) in [6, 6.07) is -0.445. The predicted octanol–water partition coefficient (Wildman–Crippen LogP) is -0.408. The van der Waals surface area contributed by atoms with Crippen molar-refractivity contribution in [1.29, 1.82) is 0 Å². The molecule has 0 unspecified atom stereocenters. The molecule has 0 bridgehead atoms. The van der Waals surface area contributed by atoms with Crippen LogP contribution in [0.5, 0.6) is 0 Å². The number of hydrogen-bond acceptors (Lipinski definition) is 5. The van der Waals surface area contributed by atoms with Gasteiger partial charge in [-0.15, -0.1) is 0 Å². The van der Waals surface area contributed by atoms with Crippen molar-refractivity contribution in [2.75, 3.05) is 0 Å². The fourth-order valence-electron chi connectivity index (χ4n) is 3.31. The van der Waals surface area contributed by atoms with Crippen LogP contribution in [-0.2, 0) is 25.4 Å². The first kappa shape index (κ1) is 17.9. The summed E-state index contributed by atoms with van der Waals surface area (Å²) in [5.41, 5.74) is -0.709. The normalized spacial score (nSPS) is 15.2. The summed E-state index contributed by atoms with van der Waals surface area (Å²) in [7, 11) is 2.86. The molecule has 3 amide bonds. The van der Waals surface area contributed by atoms with Crippen molar-refractivity contribution < 1.29 is 9.59 Å². The van der Waals surface area contributed by atoms with E-state index in [1.807, 2.05) is 0 Å². The van der Waals surface area contributed by atoms with E-state index in [2.05, 4.69) is 15.6 Å². The third-order valence-electron chi connectivity index (χ3n) is 4.72. The van der Waals surface area contributed by atoms with Crippen LogP contribution < -0.4 is 21.9 Å². The number of rotatable bonds is 3. The Hall–Kier alpha value is -2.91. The van der Waals surface area contributed by atoms with E-state index in [0.717, 1.165) is 30.3 Å². The van der Waals surface area contributed by atoms with Gasteiger partial charge in [0.15, 0.2) is 11.2 Å².